The van der Waals surface area contributed by atoms with Gasteiger partial charge in [0.2, 0.25) is 0 Å². The molecule has 0 saturated heterocycles. The summed E-state index contributed by atoms with van der Waals surface area (Å²) in [5.74, 6) is -0.00178. The van der Waals surface area contributed by atoms with Crippen LogP contribution in [-0.2, 0) is 10.0 Å². The number of hydrogen-bond donors (Lipinski definition) is 2. The van der Waals surface area contributed by atoms with Crippen LogP contribution in [0, 0.1) is 18.3 Å². The minimum absolute atomic E-state index is 0.00178. The molecule has 0 bridgehead atoms. The number of hydrogen-bond acceptors (Lipinski definition) is 4. The number of aryl methyl sites for hydroxylation is 1. The maximum absolute atomic E-state index is 12.0. The van der Waals surface area contributed by atoms with E-state index in [1.807, 2.05) is 13.0 Å². The summed E-state index contributed by atoms with van der Waals surface area (Å²) in [6.07, 6.45) is 1.26. The summed E-state index contributed by atoms with van der Waals surface area (Å²) < 4.78 is 26.3. The lowest BCUT2D eigenvalue weighted by molar-refractivity contribution is 0.601. The molecule has 0 atom stereocenters. The van der Waals surface area contributed by atoms with E-state index < -0.39 is 10.0 Å². The lowest BCUT2D eigenvalue weighted by Gasteiger charge is -2.05. The fourth-order valence-corrected chi connectivity index (χ4v) is 2.38. The second-order valence-electron chi connectivity index (χ2n) is 3.66. The first-order valence-corrected chi connectivity index (χ1v) is 6.54. The Morgan fingerprint density at radius 2 is 2.00 bits per heavy atom. The summed E-state index contributed by atoms with van der Waals surface area (Å²) in [4.78, 5) is 6.41. The van der Waals surface area contributed by atoms with Crippen molar-refractivity contribution in [2.45, 2.75) is 11.8 Å². The molecule has 0 aliphatic heterocycles. The van der Waals surface area contributed by atoms with Crippen molar-refractivity contribution in [3.63, 3.8) is 0 Å². The Morgan fingerprint density at radius 1 is 1.33 bits per heavy atom. The molecule has 0 radical (unpaired) electrons. The van der Waals surface area contributed by atoms with E-state index in [1.165, 1.54) is 18.5 Å². The van der Waals surface area contributed by atoms with Gasteiger partial charge in [-0.2, -0.15) is 5.26 Å². The van der Waals surface area contributed by atoms with Crippen LogP contribution in [-0.4, -0.2) is 18.4 Å². The van der Waals surface area contributed by atoms with Gasteiger partial charge in [-0.3, -0.25) is 4.72 Å². The van der Waals surface area contributed by atoms with Crippen LogP contribution in [0.5, 0.6) is 0 Å². The van der Waals surface area contributed by atoms with Crippen molar-refractivity contribution in [3.8, 4) is 6.07 Å². The molecule has 0 aliphatic carbocycles. The molecule has 0 spiro atoms. The summed E-state index contributed by atoms with van der Waals surface area (Å²) in [6, 6.07) is 8.20. The van der Waals surface area contributed by atoms with E-state index in [0.29, 0.717) is 0 Å². The highest BCUT2D eigenvalue weighted by molar-refractivity contribution is 7.92. The number of sulfonamides is 1. The number of aromatic nitrogens is 2. The predicted molar refractivity (Wildman–Crippen MR) is 65.3 cm³/mol. The summed E-state index contributed by atoms with van der Waals surface area (Å²) in [6.45, 7) is 1.87. The second-order valence-corrected chi connectivity index (χ2v) is 5.34. The number of nitriles is 1. The predicted octanol–water partition coefficient (Wildman–Crippen LogP) is 1.39. The van der Waals surface area contributed by atoms with E-state index in [2.05, 4.69) is 14.7 Å². The molecule has 2 aromatic rings. The first-order chi connectivity index (χ1) is 8.53. The second kappa shape index (κ2) is 4.50. The molecule has 7 heteroatoms. The number of benzene rings is 1. The number of H-pyrrole nitrogens is 1. The average Bonchev–Trinajstić information content (AvgIpc) is 2.76. The van der Waals surface area contributed by atoms with Gasteiger partial charge in [-0.25, -0.2) is 13.4 Å². The molecule has 1 aromatic carbocycles. The maximum atomic E-state index is 12.0. The topological polar surface area (TPSA) is 98.6 Å². The fraction of sp³-hybridized carbons (Fsp3) is 0.0909. The third kappa shape index (κ3) is 2.33. The molecule has 1 heterocycles. The standard InChI is InChI=1S/C11H10N4O2S/c1-8-2-4-9(5-3-8)18(16,17)15-11-10(6-12)13-7-14-11/h2-5,7,15H,1H3,(H,13,14). The van der Waals surface area contributed by atoms with Crippen LogP contribution in [0.1, 0.15) is 11.3 Å². The van der Waals surface area contributed by atoms with E-state index in [0.717, 1.165) is 5.56 Å². The lowest BCUT2D eigenvalue weighted by Crippen LogP contribution is -2.14. The van der Waals surface area contributed by atoms with E-state index in [-0.39, 0.29) is 16.4 Å². The molecule has 1 aromatic heterocycles. The Balaban J connectivity index is 2.34. The van der Waals surface area contributed by atoms with Gasteiger partial charge in [0, 0.05) is 0 Å². The van der Waals surface area contributed by atoms with Crippen LogP contribution in [0.15, 0.2) is 35.5 Å². The zero-order valence-corrected chi connectivity index (χ0v) is 10.3. The Hall–Kier alpha value is -2.33. The molecule has 18 heavy (non-hydrogen) atoms. The van der Waals surface area contributed by atoms with Gasteiger partial charge in [-0.15, -0.1) is 0 Å². The highest BCUT2D eigenvalue weighted by Gasteiger charge is 2.17. The quantitative estimate of drug-likeness (QED) is 0.873. The summed E-state index contributed by atoms with van der Waals surface area (Å²) in [5.41, 5.74) is 1.04. The number of aromatic amines is 1. The number of imidazole rings is 1. The van der Waals surface area contributed by atoms with Crippen LogP contribution in [0.3, 0.4) is 0 Å². The Bertz CT molecular complexity index is 695. The van der Waals surface area contributed by atoms with E-state index in [9.17, 15) is 8.42 Å². The minimum Gasteiger partial charge on any atom is -0.335 e. The number of rotatable bonds is 3. The van der Waals surface area contributed by atoms with Crippen molar-refractivity contribution in [2.75, 3.05) is 4.72 Å². The summed E-state index contributed by atoms with van der Waals surface area (Å²) in [5, 5.41) is 8.76. The van der Waals surface area contributed by atoms with Gasteiger partial charge < -0.3 is 4.98 Å². The van der Waals surface area contributed by atoms with Crippen LogP contribution in [0.25, 0.3) is 0 Å². The zero-order valence-electron chi connectivity index (χ0n) is 9.51. The average molecular weight is 262 g/mol. The molecular weight excluding hydrogens is 252 g/mol. The molecule has 6 nitrogen and oxygen atoms in total. The number of nitrogens with zero attached hydrogens (tertiary/aromatic N) is 2. The van der Waals surface area contributed by atoms with Crippen molar-refractivity contribution in [1.29, 1.82) is 5.26 Å². The van der Waals surface area contributed by atoms with Gasteiger partial charge in [0.25, 0.3) is 10.0 Å². The molecular formula is C11H10N4O2S. The molecule has 0 aliphatic rings. The van der Waals surface area contributed by atoms with Crippen LogP contribution in [0.2, 0.25) is 0 Å². The number of anilines is 1. The molecule has 2 rings (SSSR count). The van der Waals surface area contributed by atoms with Crippen LogP contribution < -0.4 is 4.72 Å². The van der Waals surface area contributed by atoms with E-state index in [1.54, 1.807) is 12.1 Å². The molecule has 0 amide bonds. The first kappa shape index (κ1) is 12.1. The minimum atomic E-state index is -3.72. The zero-order chi connectivity index (χ0) is 13.2. The van der Waals surface area contributed by atoms with Crippen molar-refractivity contribution < 1.29 is 8.42 Å². The van der Waals surface area contributed by atoms with Crippen LogP contribution >= 0.6 is 0 Å². The van der Waals surface area contributed by atoms with Crippen molar-refractivity contribution in [1.82, 2.24) is 9.97 Å². The highest BCUT2D eigenvalue weighted by atomic mass is 32.2. The van der Waals surface area contributed by atoms with Crippen molar-refractivity contribution >= 4 is 15.8 Å². The van der Waals surface area contributed by atoms with Gasteiger partial charge in [0.1, 0.15) is 6.07 Å². The largest absolute Gasteiger partial charge is 0.335 e. The third-order valence-electron chi connectivity index (χ3n) is 2.31. The molecule has 92 valence electrons. The third-order valence-corrected chi connectivity index (χ3v) is 3.67. The van der Waals surface area contributed by atoms with Gasteiger partial charge in [0.05, 0.1) is 11.2 Å². The first-order valence-electron chi connectivity index (χ1n) is 5.06. The SMILES string of the molecule is Cc1ccc(S(=O)(=O)Nc2nc[nH]c2C#N)cc1. The molecule has 0 unspecified atom stereocenters. The summed E-state index contributed by atoms with van der Waals surface area (Å²) in [7, 11) is -3.72. The van der Waals surface area contributed by atoms with Gasteiger partial charge in [-0.05, 0) is 19.1 Å². The molecule has 0 saturated carbocycles. The Morgan fingerprint density at radius 3 is 2.61 bits per heavy atom. The van der Waals surface area contributed by atoms with E-state index in [4.69, 9.17) is 5.26 Å². The van der Waals surface area contributed by atoms with Gasteiger partial charge in [0.15, 0.2) is 11.5 Å². The lowest BCUT2D eigenvalue weighted by atomic mass is 10.2. The molecule has 2 N–H and O–H groups in total. The van der Waals surface area contributed by atoms with Crippen molar-refractivity contribution in [3.05, 3.63) is 41.9 Å². The number of nitrogens with one attached hydrogen (secondary N) is 2. The van der Waals surface area contributed by atoms with Gasteiger partial charge >= 0.3 is 0 Å². The maximum Gasteiger partial charge on any atom is 0.263 e. The Labute approximate surface area is 104 Å². The monoisotopic (exact) mass is 262 g/mol. The van der Waals surface area contributed by atoms with Crippen molar-refractivity contribution in [2.24, 2.45) is 0 Å². The van der Waals surface area contributed by atoms with Crippen LogP contribution in [0.4, 0.5) is 5.82 Å². The fourth-order valence-electron chi connectivity index (χ4n) is 1.36. The highest BCUT2D eigenvalue weighted by Crippen LogP contribution is 2.16. The normalized spacial score (nSPS) is 10.9. The van der Waals surface area contributed by atoms with Gasteiger partial charge in [-0.1, -0.05) is 17.7 Å². The molecule has 0 fully saturated rings. The van der Waals surface area contributed by atoms with E-state index >= 15 is 0 Å². The smallest absolute Gasteiger partial charge is 0.263 e. The summed E-state index contributed by atoms with van der Waals surface area (Å²) >= 11 is 0. The Kier molecular flexibility index (Phi) is 3.04.